The topological polar surface area (TPSA) is 0 Å². The summed E-state index contributed by atoms with van der Waals surface area (Å²) in [6.45, 7) is 0. The minimum atomic E-state index is -2.03. The molecule has 0 radical (unpaired) electrons. The van der Waals surface area contributed by atoms with Gasteiger partial charge in [0.25, 0.3) is 0 Å². The zero-order valence-electron chi connectivity index (χ0n) is 21.5. The van der Waals surface area contributed by atoms with Gasteiger partial charge in [-0.3, -0.25) is 0 Å². The third kappa shape index (κ3) is 5.78. The van der Waals surface area contributed by atoms with Crippen LogP contribution in [-0.4, -0.2) is 5.43 Å². The fraction of sp³-hybridized carbons (Fsp3) is 0.500. The van der Waals surface area contributed by atoms with Crippen molar-refractivity contribution in [1.29, 1.82) is 0 Å². The van der Waals surface area contributed by atoms with Gasteiger partial charge in [-0.2, -0.15) is 0 Å². The molecule has 2 aromatic carbocycles. The number of hydrogen-bond acceptors (Lipinski definition) is 0. The Balaban J connectivity index is 0.00000152. The van der Waals surface area contributed by atoms with Gasteiger partial charge in [0.15, 0.2) is 0 Å². The van der Waals surface area contributed by atoms with E-state index in [4.69, 9.17) is 0 Å². The molecule has 2 saturated carbocycles. The van der Waals surface area contributed by atoms with Crippen LogP contribution in [0.5, 0.6) is 0 Å². The number of hydrogen-bond donors (Lipinski definition) is 0. The first-order valence-electron chi connectivity index (χ1n) is 14.2. The van der Waals surface area contributed by atoms with Gasteiger partial charge in [-0.25, -0.2) is 0 Å². The van der Waals surface area contributed by atoms with Crippen LogP contribution in [0.2, 0.25) is 11.1 Å². The van der Waals surface area contributed by atoms with Crippen molar-refractivity contribution in [3.63, 3.8) is 0 Å². The molecule has 190 valence electrons. The molecule has 0 N–H and O–H groups in total. The minimum Gasteiger partial charge on any atom is -1.00 e. The van der Waals surface area contributed by atoms with Crippen molar-refractivity contribution in [2.45, 2.75) is 98.2 Å². The van der Waals surface area contributed by atoms with Crippen LogP contribution >= 0.6 is 0 Å². The van der Waals surface area contributed by atoms with E-state index in [1.54, 1.807) is 47.9 Å². The van der Waals surface area contributed by atoms with Crippen LogP contribution in [0, 0.1) is 0 Å². The standard InChI is InChI=1S/C14H26Si.C13H9.C5H5.2ClH.Zr/c1-2-6-10-13(9-5-1)15-14-11-7-3-4-8-12-14;1-3-7-12-10(5-1)9-11-6-2-4-8-13(11)12;1-2-4-5-3-1;;;/h13-14H,1-12H2;1-9H;1-3H,4H2;2*1H;/q;;;;;+2/p-2. The monoisotopic (exact) mass is 612 g/mol. The molecule has 0 bridgehead atoms. The molecular weight excluding hydrogens is 575 g/mol. The van der Waals surface area contributed by atoms with E-state index < -0.39 is 25.8 Å². The Labute approximate surface area is 239 Å². The summed E-state index contributed by atoms with van der Waals surface area (Å²) < 4.78 is 2.74. The van der Waals surface area contributed by atoms with E-state index in [1.807, 2.05) is 3.28 Å². The first kappa shape index (κ1) is 28.6. The molecule has 0 unspecified atom stereocenters. The molecule has 0 aromatic heterocycles. The second kappa shape index (κ2) is 13.6. The number of halogens is 2. The summed E-state index contributed by atoms with van der Waals surface area (Å²) in [4.78, 5) is 0. The molecule has 0 spiro atoms. The van der Waals surface area contributed by atoms with Crippen LogP contribution in [0.25, 0.3) is 11.1 Å². The third-order valence-corrected chi connectivity index (χ3v) is 32.5. The van der Waals surface area contributed by atoms with E-state index in [1.165, 1.54) is 57.8 Å². The molecule has 4 aliphatic rings. The number of rotatable bonds is 4. The zero-order valence-corrected chi connectivity index (χ0v) is 26.5. The van der Waals surface area contributed by atoms with Crippen molar-refractivity contribution in [3.05, 3.63) is 81.2 Å². The van der Waals surface area contributed by atoms with E-state index in [0.717, 1.165) is 14.7 Å². The van der Waals surface area contributed by atoms with Crippen molar-refractivity contribution in [2.24, 2.45) is 0 Å². The van der Waals surface area contributed by atoms with E-state index in [0.29, 0.717) is 0 Å². The number of benzene rings is 2. The summed E-state index contributed by atoms with van der Waals surface area (Å²) in [6.07, 6.45) is 27.1. The Morgan fingerprint density at radius 2 is 1.08 bits per heavy atom. The van der Waals surface area contributed by atoms with Crippen molar-refractivity contribution in [2.75, 3.05) is 0 Å². The van der Waals surface area contributed by atoms with Crippen LogP contribution in [0.3, 0.4) is 0 Å². The molecule has 2 fully saturated rings. The van der Waals surface area contributed by atoms with Crippen LogP contribution in [0.15, 0.2) is 70.0 Å². The molecule has 36 heavy (non-hydrogen) atoms. The molecule has 0 aliphatic heterocycles. The molecule has 0 atom stereocenters. The maximum atomic E-state index is 2.64. The molecule has 6 rings (SSSR count). The molecule has 0 amide bonds. The molecule has 0 heterocycles. The maximum Gasteiger partial charge on any atom is -1.00 e. The SMILES string of the molecule is C1=CC[C]([Zr+2]([CH]2c3ccccc3-c3ccccc32)=[Si](C2CCCCCC2)C2CCCCCC2)=C1.[Cl-].[Cl-]. The van der Waals surface area contributed by atoms with E-state index in [2.05, 4.69) is 66.8 Å². The third-order valence-electron chi connectivity index (χ3n) is 9.14. The van der Waals surface area contributed by atoms with Gasteiger partial charge in [-0.15, -0.1) is 0 Å². The molecular formula is C32H40Cl2SiZr. The Morgan fingerprint density at radius 1 is 0.611 bits per heavy atom. The molecule has 0 saturated heterocycles. The van der Waals surface area contributed by atoms with Gasteiger partial charge in [0.1, 0.15) is 0 Å². The Hall–Kier alpha value is -0.400. The van der Waals surface area contributed by atoms with Crippen LogP contribution in [-0.2, 0) is 20.4 Å². The van der Waals surface area contributed by atoms with Gasteiger partial charge in [0.2, 0.25) is 0 Å². The summed E-state index contributed by atoms with van der Waals surface area (Å²) in [6, 6.07) is 19.2. The average Bonchev–Trinajstić information content (AvgIpc) is 3.30. The summed E-state index contributed by atoms with van der Waals surface area (Å²) in [7, 11) is 0. The summed E-state index contributed by atoms with van der Waals surface area (Å²) in [5.41, 5.74) is 8.36. The van der Waals surface area contributed by atoms with Gasteiger partial charge >= 0.3 is 216 Å². The van der Waals surface area contributed by atoms with Crippen molar-refractivity contribution < 1.29 is 45.2 Å². The number of allylic oxidation sites excluding steroid dienone is 4. The van der Waals surface area contributed by atoms with Crippen molar-refractivity contribution in [1.82, 2.24) is 0 Å². The fourth-order valence-electron chi connectivity index (χ4n) is 7.60. The van der Waals surface area contributed by atoms with Gasteiger partial charge in [0.05, 0.1) is 0 Å². The van der Waals surface area contributed by atoms with Crippen molar-refractivity contribution in [3.8, 4) is 11.1 Å². The normalized spacial score (nSPS) is 20.0. The van der Waals surface area contributed by atoms with Crippen molar-refractivity contribution >= 4 is 5.43 Å². The van der Waals surface area contributed by atoms with E-state index >= 15 is 0 Å². The summed E-state index contributed by atoms with van der Waals surface area (Å²) in [5, 5.41) is 0. The first-order chi connectivity index (χ1) is 16.9. The Bertz CT molecular complexity index is 1050. The quantitative estimate of drug-likeness (QED) is 0.365. The van der Waals surface area contributed by atoms with E-state index in [9.17, 15) is 0 Å². The molecule has 4 heteroatoms. The predicted molar refractivity (Wildman–Crippen MR) is 144 cm³/mol. The molecule has 2 aromatic rings. The van der Waals surface area contributed by atoms with Crippen LogP contribution < -0.4 is 24.8 Å². The Morgan fingerprint density at radius 3 is 1.53 bits per heavy atom. The van der Waals surface area contributed by atoms with Gasteiger partial charge in [-0.1, -0.05) is 0 Å². The van der Waals surface area contributed by atoms with E-state index in [-0.39, 0.29) is 24.8 Å². The summed E-state index contributed by atoms with van der Waals surface area (Å²) in [5.74, 6) is 0. The first-order valence-corrected chi connectivity index (χ1v) is 22.2. The summed E-state index contributed by atoms with van der Waals surface area (Å²) >= 11 is -2.03. The zero-order chi connectivity index (χ0) is 22.7. The van der Waals surface area contributed by atoms with Crippen LogP contribution in [0.4, 0.5) is 0 Å². The van der Waals surface area contributed by atoms with Gasteiger partial charge < -0.3 is 24.8 Å². The van der Waals surface area contributed by atoms with Gasteiger partial charge in [-0.05, 0) is 0 Å². The average molecular weight is 615 g/mol. The molecule has 0 nitrogen and oxygen atoms in total. The smallest absolute Gasteiger partial charge is 1.00 e. The largest absolute Gasteiger partial charge is 1.00 e. The second-order valence-corrected chi connectivity index (χ2v) is 26.2. The maximum absolute atomic E-state index is 2.64. The predicted octanol–water partition coefficient (Wildman–Crippen LogP) is 3.67. The van der Waals surface area contributed by atoms with Crippen LogP contribution in [0.1, 0.15) is 98.2 Å². The minimum absolute atomic E-state index is 0. The second-order valence-electron chi connectivity index (χ2n) is 11.2. The fourth-order valence-corrected chi connectivity index (χ4v) is 36.0. The van der Waals surface area contributed by atoms with Gasteiger partial charge in [0, 0.05) is 0 Å². The molecule has 4 aliphatic carbocycles. The Kier molecular flexibility index (Phi) is 10.8. The number of fused-ring (bicyclic) bond motifs is 3.